The van der Waals surface area contributed by atoms with Crippen LogP contribution in [0, 0.1) is 13.8 Å². The first-order valence-corrected chi connectivity index (χ1v) is 18.5. The molecule has 0 aliphatic heterocycles. The van der Waals surface area contributed by atoms with Gasteiger partial charge in [0.15, 0.2) is 11.3 Å². The number of fused-ring (bicyclic) bond motifs is 2. The van der Waals surface area contributed by atoms with Gasteiger partial charge in [-0.05, 0) is 92.7 Å². The topological polar surface area (TPSA) is 111 Å². The number of nitrogen functional groups attached to an aromatic ring is 2. The van der Waals surface area contributed by atoms with Gasteiger partial charge >= 0.3 is 0 Å². The molecule has 52 heavy (non-hydrogen) atoms. The molecule has 0 spiro atoms. The van der Waals surface area contributed by atoms with Gasteiger partial charge in [0.25, 0.3) is 0 Å². The SMILES string of the molecule is Cc1ccc(-c2cc(NCc3ccccc3)c3ncc(Br)n3c2N)c(C)c1.Nc1c(-c2ccccc2Cl)cc(Nc2ccccc2)c2ncc(Br)n12. The van der Waals surface area contributed by atoms with E-state index in [1.54, 1.807) is 12.4 Å². The van der Waals surface area contributed by atoms with Gasteiger partial charge < -0.3 is 22.1 Å². The average Bonchev–Trinajstić information content (AvgIpc) is 3.74. The van der Waals surface area contributed by atoms with E-state index < -0.39 is 0 Å². The Morgan fingerprint density at radius 2 is 1.19 bits per heavy atom. The van der Waals surface area contributed by atoms with Crippen molar-refractivity contribution in [3.05, 3.63) is 159 Å². The lowest BCUT2D eigenvalue weighted by atomic mass is 9.98. The maximum Gasteiger partial charge on any atom is 0.163 e. The zero-order valence-electron chi connectivity index (χ0n) is 28.4. The number of aryl methyl sites for hydroxylation is 2. The molecule has 11 heteroatoms. The minimum Gasteiger partial charge on any atom is -0.384 e. The van der Waals surface area contributed by atoms with Crippen molar-refractivity contribution in [1.82, 2.24) is 18.8 Å². The quantitative estimate of drug-likeness (QED) is 0.127. The molecule has 0 bridgehead atoms. The van der Waals surface area contributed by atoms with Crippen LogP contribution >= 0.6 is 43.5 Å². The van der Waals surface area contributed by atoms with Gasteiger partial charge in [-0.1, -0.05) is 102 Å². The molecule has 0 aliphatic carbocycles. The van der Waals surface area contributed by atoms with Crippen LogP contribution in [0.4, 0.5) is 28.7 Å². The third kappa shape index (κ3) is 7.10. The van der Waals surface area contributed by atoms with E-state index in [-0.39, 0.29) is 0 Å². The second-order valence-corrected chi connectivity index (χ2v) is 14.4. The van der Waals surface area contributed by atoms with E-state index in [4.69, 9.17) is 23.1 Å². The molecule has 6 N–H and O–H groups in total. The van der Waals surface area contributed by atoms with Crippen molar-refractivity contribution in [2.75, 3.05) is 22.1 Å². The molecule has 0 amide bonds. The first-order chi connectivity index (χ1) is 25.2. The van der Waals surface area contributed by atoms with E-state index in [0.29, 0.717) is 16.7 Å². The lowest BCUT2D eigenvalue weighted by molar-refractivity contribution is 1.12. The highest BCUT2D eigenvalue weighted by Gasteiger charge is 2.18. The lowest BCUT2D eigenvalue weighted by Crippen LogP contribution is -2.06. The summed E-state index contributed by atoms with van der Waals surface area (Å²) in [4.78, 5) is 9.01. The molecule has 260 valence electrons. The monoisotopic (exact) mass is 832 g/mol. The van der Waals surface area contributed by atoms with Crippen LogP contribution in [-0.2, 0) is 6.54 Å². The molecular formula is C41H35Br2ClN8. The van der Waals surface area contributed by atoms with Gasteiger partial charge in [-0.15, -0.1) is 0 Å². The third-order valence-corrected chi connectivity index (χ3v) is 10.2. The Morgan fingerprint density at radius 1 is 0.635 bits per heavy atom. The number of halogens is 3. The first kappa shape index (κ1) is 35.1. The van der Waals surface area contributed by atoms with E-state index >= 15 is 0 Å². The van der Waals surface area contributed by atoms with Crippen molar-refractivity contribution in [3.63, 3.8) is 0 Å². The summed E-state index contributed by atoms with van der Waals surface area (Å²) >= 11 is 13.5. The molecule has 0 unspecified atom stereocenters. The van der Waals surface area contributed by atoms with Crippen LogP contribution in [0.2, 0.25) is 5.02 Å². The van der Waals surface area contributed by atoms with Crippen LogP contribution in [0.25, 0.3) is 33.5 Å². The summed E-state index contributed by atoms with van der Waals surface area (Å²) in [5.74, 6) is 1.25. The van der Waals surface area contributed by atoms with Crippen LogP contribution in [0.3, 0.4) is 0 Å². The summed E-state index contributed by atoms with van der Waals surface area (Å²) < 4.78 is 5.43. The van der Waals surface area contributed by atoms with Crippen molar-refractivity contribution in [3.8, 4) is 22.3 Å². The Morgan fingerprint density at radius 3 is 1.83 bits per heavy atom. The lowest BCUT2D eigenvalue weighted by Gasteiger charge is -2.16. The third-order valence-electron chi connectivity index (χ3n) is 8.75. The van der Waals surface area contributed by atoms with Gasteiger partial charge in [-0.25, -0.2) is 9.97 Å². The van der Waals surface area contributed by atoms with Crippen molar-refractivity contribution in [1.29, 1.82) is 0 Å². The number of hydrogen-bond acceptors (Lipinski definition) is 6. The molecule has 4 aromatic carbocycles. The Hall–Kier alpha value is -5.29. The van der Waals surface area contributed by atoms with E-state index in [2.05, 4.69) is 103 Å². The first-order valence-electron chi connectivity index (χ1n) is 16.5. The van der Waals surface area contributed by atoms with Gasteiger partial charge in [0, 0.05) is 33.9 Å². The summed E-state index contributed by atoms with van der Waals surface area (Å²) in [5, 5.41) is 7.59. The number of hydrogen-bond donors (Lipinski definition) is 4. The molecule has 8 aromatic rings. The summed E-state index contributed by atoms with van der Waals surface area (Å²) in [6.07, 6.45) is 3.52. The van der Waals surface area contributed by atoms with Crippen LogP contribution in [-0.4, -0.2) is 18.8 Å². The summed E-state index contributed by atoms with van der Waals surface area (Å²) in [6, 6.07) is 38.4. The van der Waals surface area contributed by atoms with Crippen LogP contribution in [0.15, 0.2) is 137 Å². The maximum absolute atomic E-state index is 6.54. The highest BCUT2D eigenvalue weighted by molar-refractivity contribution is 9.10. The number of rotatable bonds is 7. The number of nitrogens with zero attached hydrogens (tertiary/aromatic N) is 4. The second-order valence-electron chi connectivity index (χ2n) is 12.3. The molecule has 0 radical (unpaired) electrons. The van der Waals surface area contributed by atoms with E-state index in [1.807, 2.05) is 87.7 Å². The van der Waals surface area contributed by atoms with Gasteiger partial charge in [0.1, 0.15) is 20.8 Å². The minimum atomic E-state index is 0.575. The highest BCUT2D eigenvalue weighted by Crippen LogP contribution is 2.39. The van der Waals surface area contributed by atoms with Crippen molar-refractivity contribution in [2.45, 2.75) is 20.4 Å². The number of aromatic nitrogens is 4. The number of para-hydroxylation sites is 1. The van der Waals surface area contributed by atoms with Crippen molar-refractivity contribution < 1.29 is 0 Å². The summed E-state index contributed by atoms with van der Waals surface area (Å²) in [6.45, 7) is 4.94. The fraction of sp³-hybridized carbons (Fsp3) is 0.0732. The molecule has 4 aromatic heterocycles. The predicted octanol–water partition coefficient (Wildman–Crippen LogP) is 11.3. The predicted molar refractivity (Wildman–Crippen MR) is 223 cm³/mol. The molecule has 0 atom stereocenters. The van der Waals surface area contributed by atoms with Gasteiger partial charge in [0.05, 0.1) is 23.8 Å². The van der Waals surface area contributed by atoms with Crippen molar-refractivity contribution >= 4 is 83.5 Å². The van der Waals surface area contributed by atoms with E-state index in [9.17, 15) is 0 Å². The van der Waals surface area contributed by atoms with Gasteiger partial charge in [-0.3, -0.25) is 8.80 Å². The van der Waals surface area contributed by atoms with Crippen LogP contribution in [0.1, 0.15) is 16.7 Å². The molecule has 8 rings (SSSR count). The maximum atomic E-state index is 6.54. The summed E-state index contributed by atoms with van der Waals surface area (Å²) in [5.41, 5.74) is 24.8. The minimum absolute atomic E-state index is 0.575. The van der Waals surface area contributed by atoms with Crippen LogP contribution < -0.4 is 22.1 Å². The van der Waals surface area contributed by atoms with Crippen LogP contribution in [0.5, 0.6) is 0 Å². The second kappa shape index (κ2) is 15.1. The average molecular weight is 835 g/mol. The number of nitrogens with two attached hydrogens (primary N) is 2. The zero-order valence-corrected chi connectivity index (χ0v) is 32.3. The number of nitrogens with one attached hydrogen (secondary N) is 2. The standard InChI is InChI=1S/C22H21BrN4.C19H14BrClN4/c1-14-8-9-17(15(2)10-14)18-11-19(25-12-16-6-4-3-5-7-16)22-26-13-20(23)27(22)21(18)24;20-17-11-23-19-16(24-12-6-2-1-3-7-12)10-14(18(22)25(17)19)13-8-4-5-9-15(13)21/h3-11,13,25H,12,24H2,1-2H3;1-11,24H,22H2. The Bertz CT molecular complexity index is 2530. The highest BCUT2D eigenvalue weighted by atomic mass is 79.9. The van der Waals surface area contributed by atoms with Gasteiger partial charge in [0.2, 0.25) is 0 Å². The molecule has 0 saturated carbocycles. The number of anilines is 5. The molecule has 0 aliphatic rings. The fourth-order valence-corrected chi connectivity index (χ4v) is 7.39. The fourth-order valence-electron chi connectivity index (χ4n) is 6.23. The van der Waals surface area contributed by atoms with Gasteiger partial charge in [-0.2, -0.15) is 0 Å². The Kier molecular flexibility index (Phi) is 10.2. The summed E-state index contributed by atoms with van der Waals surface area (Å²) in [7, 11) is 0. The normalized spacial score (nSPS) is 11.0. The molecule has 8 nitrogen and oxygen atoms in total. The largest absolute Gasteiger partial charge is 0.384 e. The smallest absolute Gasteiger partial charge is 0.163 e. The number of benzene rings is 4. The molecule has 4 heterocycles. The number of imidazole rings is 2. The zero-order chi connectivity index (χ0) is 36.4. The van der Waals surface area contributed by atoms with E-state index in [0.717, 1.165) is 66.4 Å². The molecule has 0 saturated heterocycles. The molecular weight excluding hydrogens is 800 g/mol. The molecule has 0 fully saturated rings. The Balaban J connectivity index is 0.000000162. The van der Waals surface area contributed by atoms with E-state index in [1.165, 1.54) is 16.7 Å². The Labute approximate surface area is 323 Å². The van der Waals surface area contributed by atoms with Crippen molar-refractivity contribution in [2.24, 2.45) is 0 Å². The number of pyridine rings is 2.